The van der Waals surface area contributed by atoms with Gasteiger partial charge in [0.1, 0.15) is 0 Å². The van der Waals surface area contributed by atoms with Crippen LogP contribution in [0, 0.1) is 0 Å². The number of hydrazine groups is 1. The normalized spacial score (nSPS) is 19.1. The number of rotatable bonds is 4. The predicted octanol–water partition coefficient (Wildman–Crippen LogP) is 1.58. The Kier molecular flexibility index (Phi) is 6.51. The summed E-state index contributed by atoms with van der Waals surface area (Å²) in [5.74, 6) is 0.269. The average molecular weight is 394 g/mol. The molecule has 1 heterocycles. The van der Waals surface area contributed by atoms with Crippen molar-refractivity contribution >= 4 is 62.1 Å². The maximum Gasteiger partial charge on any atom is 0.248 e. The number of sulfone groups is 1. The Labute approximate surface area is 149 Å². The molecule has 23 heavy (non-hydrogen) atoms. The number of benzene rings is 1. The largest absolute Gasteiger partial charge is 0.331 e. The molecule has 1 aliphatic heterocycles. The number of anilines is 1. The Hall–Kier alpha value is -1.03. The third-order valence-corrected chi connectivity index (χ3v) is 6.80. The highest BCUT2D eigenvalue weighted by Gasteiger charge is 2.28. The Morgan fingerprint density at radius 2 is 2.00 bits per heavy atom. The van der Waals surface area contributed by atoms with Gasteiger partial charge >= 0.3 is 0 Å². The van der Waals surface area contributed by atoms with Crippen LogP contribution in [-0.4, -0.2) is 41.9 Å². The van der Waals surface area contributed by atoms with Crippen molar-refractivity contribution in [1.29, 1.82) is 0 Å². The van der Waals surface area contributed by atoms with E-state index in [2.05, 4.69) is 16.2 Å². The SMILES string of the molecule is O=C(CS[C@@H]1CCS(=O)(=O)C1)NNC(=S)Nc1ccc(Cl)cc1. The second kappa shape index (κ2) is 8.18. The fourth-order valence-electron chi connectivity index (χ4n) is 1.94. The molecule has 1 atom stereocenters. The van der Waals surface area contributed by atoms with E-state index in [1.807, 2.05) is 0 Å². The van der Waals surface area contributed by atoms with Crippen LogP contribution in [0.2, 0.25) is 5.02 Å². The van der Waals surface area contributed by atoms with Crippen LogP contribution in [0.25, 0.3) is 0 Å². The van der Waals surface area contributed by atoms with E-state index < -0.39 is 9.84 Å². The first-order valence-corrected chi connectivity index (χ1v) is 10.4. The van der Waals surface area contributed by atoms with E-state index in [1.165, 1.54) is 11.8 Å². The fraction of sp³-hybridized carbons (Fsp3) is 0.385. The minimum Gasteiger partial charge on any atom is -0.331 e. The van der Waals surface area contributed by atoms with Gasteiger partial charge in [0.15, 0.2) is 14.9 Å². The second-order valence-electron chi connectivity index (χ2n) is 4.97. The first-order chi connectivity index (χ1) is 10.8. The summed E-state index contributed by atoms with van der Waals surface area (Å²) in [6, 6.07) is 6.96. The molecule has 1 aromatic rings. The minimum absolute atomic E-state index is 0.00936. The highest BCUT2D eigenvalue weighted by atomic mass is 35.5. The van der Waals surface area contributed by atoms with Gasteiger partial charge in [-0.3, -0.25) is 15.6 Å². The van der Waals surface area contributed by atoms with Crippen LogP contribution in [0.3, 0.4) is 0 Å². The molecule has 2 rings (SSSR count). The molecular formula is C13H16ClN3O3S3. The number of carbonyl (C=O) groups is 1. The van der Waals surface area contributed by atoms with Gasteiger partial charge in [-0.25, -0.2) is 8.42 Å². The zero-order valence-corrected chi connectivity index (χ0v) is 15.2. The molecule has 6 nitrogen and oxygen atoms in total. The number of thioether (sulfide) groups is 1. The number of carbonyl (C=O) groups excluding carboxylic acids is 1. The molecule has 1 aliphatic rings. The Morgan fingerprint density at radius 1 is 1.30 bits per heavy atom. The molecule has 0 radical (unpaired) electrons. The van der Waals surface area contributed by atoms with E-state index >= 15 is 0 Å². The van der Waals surface area contributed by atoms with Gasteiger partial charge in [-0.1, -0.05) is 11.6 Å². The van der Waals surface area contributed by atoms with Crippen LogP contribution in [0.4, 0.5) is 5.69 Å². The van der Waals surface area contributed by atoms with Gasteiger partial charge in [-0.2, -0.15) is 0 Å². The van der Waals surface area contributed by atoms with Crippen molar-refractivity contribution in [2.75, 3.05) is 22.6 Å². The maximum atomic E-state index is 11.7. The molecule has 126 valence electrons. The molecule has 1 amide bonds. The summed E-state index contributed by atoms with van der Waals surface area (Å²) in [7, 11) is -2.92. The van der Waals surface area contributed by atoms with Crippen molar-refractivity contribution in [2.45, 2.75) is 11.7 Å². The van der Waals surface area contributed by atoms with Gasteiger partial charge in [0, 0.05) is 16.0 Å². The molecule has 1 saturated heterocycles. The summed E-state index contributed by atoms with van der Waals surface area (Å²) in [5.41, 5.74) is 5.81. The van der Waals surface area contributed by atoms with E-state index in [9.17, 15) is 13.2 Å². The average Bonchev–Trinajstić information content (AvgIpc) is 2.85. The Bertz CT molecular complexity index is 679. The number of amides is 1. The number of halogens is 1. The molecule has 0 unspecified atom stereocenters. The lowest BCUT2D eigenvalue weighted by molar-refractivity contribution is -0.119. The van der Waals surface area contributed by atoms with Gasteiger partial charge in [0.25, 0.3) is 0 Å². The van der Waals surface area contributed by atoms with E-state index in [1.54, 1.807) is 24.3 Å². The van der Waals surface area contributed by atoms with E-state index in [4.69, 9.17) is 23.8 Å². The standard InChI is InChI=1S/C13H16ClN3O3S3/c14-9-1-3-10(4-2-9)15-13(21)17-16-12(18)7-22-11-5-6-23(19,20)8-11/h1-4,11H,5-8H2,(H,16,18)(H2,15,17,21)/t11-/m1/s1. The lowest BCUT2D eigenvalue weighted by Gasteiger charge is -2.12. The summed E-state index contributed by atoms with van der Waals surface area (Å²) in [5, 5.41) is 3.75. The Balaban J connectivity index is 1.66. The van der Waals surface area contributed by atoms with E-state index in [0.29, 0.717) is 11.4 Å². The van der Waals surface area contributed by atoms with Gasteiger partial charge in [0.05, 0.1) is 17.3 Å². The van der Waals surface area contributed by atoms with Crippen LogP contribution < -0.4 is 16.2 Å². The molecule has 3 N–H and O–H groups in total. The van der Waals surface area contributed by atoms with Crippen LogP contribution in [0.15, 0.2) is 24.3 Å². The maximum absolute atomic E-state index is 11.7. The van der Waals surface area contributed by atoms with Gasteiger partial charge < -0.3 is 5.32 Å². The van der Waals surface area contributed by atoms with Crippen molar-refractivity contribution in [1.82, 2.24) is 10.9 Å². The highest BCUT2D eigenvalue weighted by molar-refractivity contribution is 8.02. The minimum atomic E-state index is -2.92. The fourth-order valence-corrected chi connectivity index (χ4v) is 5.68. The molecule has 0 aromatic heterocycles. The third kappa shape index (κ3) is 6.54. The van der Waals surface area contributed by atoms with Crippen LogP contribution in [-0.2, 0) is 14.6 Å². The van der Waals surface area contributed by atoms with Gasteiger partial charge in [-0.05, 0) is 42.9 Å². The Morgan fingerprint density at radius 3 is 2.61 bits per heavy atom. The van der Waals surface area contributed by atoms with Crippen molar-refractivity contribution < 1.29 is 13.2 Å². The summed E-state index contributed by atoms with van der Waals surface area (Å²) in [4.78, 5) is 11.7. The summed E-state index contributed by atoms with van der Waals surface area (Å²) in [6.07, 6.45) is 0.601. The number of nitrogens with one attached hydrogen (secondary N) is 3. The summed E-state index contributed by atoms with van der Waals surface area (Å²) in [6.45, 7) is 0. The molecule has 1 fully saturated rings. The first-order valence-electron chi connectivity index (χ1n) is 6.77. The number of hydrogen-bond donors (Lipinski definition) is 3. The lowest BCUT2D eigenvalue weighted by Crippen LogP contribution is -2.44. The lowest BCUT2D eigenvalue weighted by atomic mass is 10.3. The highest BCUT2D eigenvalue weighted by Crippen LogP contribution is 2.23. The molecule has 0 saturated carbocycles. The summed E-state index contributed by atoms with van der Waals surface area (Å²) >= 11 is 12.2. The third-order valence-electron chi connectivity index (χ3n) is 3.06. The van der Waals surface area contributed by atoms with Crippen LogP contribution >= 0.6 is 35.6 Å². The number of thiocarbonyl (C=S) groups is 1. The zero-order chi connectivity index (χ0) is 16.9. The van der Waals surface area contributed by atoms with E-state index in [0.717, 1.165) is 5.69 Å². The molecule has 1 aromatic carbocycles. The smallest absolute Gasteiger partial charge is 0.248 e. The van der Waals surface area contributed by atoms with Gasteiger partial charge in [0.2, 0.25) is 5.91 Å². The topological polar surface area (TPSA) is 87.3 Å². The molecular weight excluding hydrogens is 378 g/mol. The second-order valence-corrected chi connectivity index (χ2v) is 9.33. The van der Waals surface area contributed by atoms with Crippen LogP contribution in [0.5, 0.6) is 0 Å². The van der Waals surface area contributed by atoms with Crippen molar-refractivity contribution in [3.8, 4) is 0 Å². The first kappa shape index (κ1) is 18.3. The quantitative estimate of drug-likeness (QED) is 0.528. The predicted molar refractivity (Wildman–Crippen MR) is 98.5 cm³/mol. The van der Waals surface area contributed by atoms with Crippen molar-refractivity contribution in [2.24, 2.45) is 0 Å². The van der Waals surface area contributed by atoms with Crippen LogP contribution in [0.1, 0.15) is 6.42 Å². The monoisotopic (exact) mass is 393 g/mol. The molecule has 0 bridgehead atoms. The summed E-state index contributed by atoms with van der Waals surface area (Å²) < 4.78 is 22.7. The van der Waals surface area contributed by atoms with Crippen molar-refractivity contribution in [3.63, 3.8) is 0 Å². The van der Waals surface area contributed by atoms with E-state index in [-0.39, 0.29) is 33.5 Å². The van der Waals surface area contributed by atoms with Crippen molar-refractivity contribution in [3.05, 3.63) is 29.3 Å². The molecule has 0 spiro atoms. The number of hydrogen-bond acceptors (Lipinski definition) is 5. The molecule has 10 heteroatoms. The molecule has 0 aliphatic carbocycles. The zero-order valence-electron chi connectivity index (χ0n) is 12.0. The van der Waals surface area contributed by atoms with Gasteiger partial charge in [-0.15, -0.1) is 11.8 Å².